The van der Waals surface area contributed by atoms with Crippen LogP contribution in [0.3, 0.4) is 0 Å². The van der Waals surface area contributed by atoms with Gasteiger partial charge in [0.1, 0.15) is 5.82 Å². The van der Waals surface area contributed by atoms with Crippen molar-refractivity contribution in [2.75, 3.05) is 25.1 Å². The number of nitrogens with two attached hydrogens (primary N) is 1. The maximum absolute atomic E-state index is 12.0. The molecule has 2 aromatic heterocycles. The Morgan fingerprint density at radius 3 is 2.65 bits per heavy atom. The summed E-state index contributed by atoms with van der Waals surface area (Å²) in [4.78, 5) is 25.9. The molecule has 0 aliphatic carbocycles. The zero-order valence-corrected chi connectivity index (χ0v) is 15.1. The average Bonchev–Trinajstić information content (AvgIpc) is 3.00. The second-order valence-corrected chi connectivity index (χ2v) is 6.06. The number of nitrogen functional groups attached to an aromatic ring is 1. The Morgan fingerprint density at radius 2 is 2.08 bits per heavy atom. The van der Waals surface area contributed by atoms with E-state index in [0.29, 0.717) is 33.6 Å². The van der Waals surface area contributed by atoms with E-state index in [-0.39, 0.29) is 17.7 Å². The second-order valence-electron chi connectivity index (χ2n) is 5.65. The maximum atomic E-state index is 12.0. The monoisotopic (exact) mass is 373 g/mol. The van der Waals surface area contributed by atoms with Crippen molar-refractivity contribution in [2.24, 2.45) is 0 Å². The highest BCUT2D eigenvalue weighted by molar-refractivity contribution is 6.34. The summed E-state index contributed by atoms with van der Waals surface area (Å²) in [6, 6.07) is 4.96. The van der Waals surface area contributed by atoms with Gasteiger partial charge in [-0.25, -0.2) is 4.98 Å². The molecule has 3 N–H and O–H groups in total. The molecule has 0 spiro atoms. The SMILES string of the molecule is Cc1nc(-c2cnc(Nc3ccc(C(=O)N(C)C)c(Cl)c3)nc2N)no1. The number of aryl methyl sites for hydroxylation is 1. The number of nitrogens with one attached hydrogen (secondary N) is 1. The fourth-order valence-electron chi connectivity index (χ4n) is 2.17. The molecule has 0 atom stereocenters. The Bertz CT molecular complexity index is 971. The minimum Gasteiger partial charge on any atom is -0.383 e. The highest BCUT2D eigenvalue weighted by Gasteiger charge is 2.14. The number of anilines is 3. The first-order valence-electron chi connectivity index (χ1n) is 7.56. The Labute approximate surface area is 154 Å². The van der Waals surface area contributed by atoms with Crippen LogP contribution < -0.4 is 11.1 Å². The van der Waals surface area contributed by atoms with E-state index in [2.05, 4.69) is 25.4 Å². The van der Waals surface area contributed by atoms with Gasteiger partial charge >= 0.3 is 0 Å². The lowest BCUT2D eigenvalue weighted by Gasteiger charge is -2.13. The van der Waals surface area contributed by atoms with E-state index >= 15 is 0 Å². The van der Waals surface area contributed by atoms with Crippen LogP contribution in [0.25, 0.3) is 11.4 Å². The fourth-order valence-corrected chi connectivity index (χ4v) is 2.43. The van der Waals surface area contributed by atoms with Crippen molar-refractivity contribution in [2.45, 2.75) is 6.92 Å². The predicted octanol–water partition coefficient (Wildman–Crippen LogP) is 2.52. The van der Waals surface area contributed by atoms with Crippen molar-refractivity contribution in [3.05, 3.63) is 40.9 Å². The minimum absolute atomic E-state index is 0.179. The molecule has 0 fully saturated rings. The number of halogens is 1. The van der Waals surface area contributed by atoms with Gasteiger partial charge in [-0.05, 0) is 18.2 Å². The lowest BCUT2D eigenvalue weighted by atomic mass is 10.2. The molecule has 0 aliphatic rings. The van der Waals surface area contributed by atoms with Crippen molar-refractivity contribution in [3.8, 4) is 11.4 Å². The number of benzene rings is 1. The third-order valence-electron chi connectivity index (χ3n) is 3.45. The first-order chi connectivity index (χ1) is 12.3. The molecule has 9 nitrogen and oxygen atoms in total. The molecule has 134 valence electrons. The van der Waals surface area contributed by atoms with Crippen LogP contribution in [0.4, 0.5) is 17.5 Å². The quantitative estimate of drug-likeness (QED) is 0.715. The zero-order chi connectivity index (χ0) is 18.8. The Morgan fingerprint density at radius 1 is 1.31 bits per heavy atom. The third-order valence-corrected chi connectivity index (χ3v) is 3.76. The van der Waals surface area contributed by atoms with Gasteiger partial charge < -0.3 is 20.5 Å². The number of nitrogens with zero attached hydrogens (tertiary/aromatic N) is 5. The topological polar surface area (TPSA) is 123 Å². The third kappa shape index (κ3) is 3.57. The molecule has 0 saturated heterocycles. The number of aromatic nitrogens is 4. The molecule has 1 amide bonds. The Balaban J connectivity index is 1.82. The van der Waals surface area contributed by atoms with Gasteiger partial charge in [-0.3, -0.25) is 4.79 Å². The molecule has 0 saturated carbocycles. The van der Waals surface area contributed by atoms with Crippen molar-refractivity contribution in [1.29, 1.82) is 0 Å². The molecule has 0 bridgehead atoms. The van der Waals surface area contributed by atoms with E-state index in [0.717, 1.165) is 0 Å². The number of hydrogen-bond acceptors (Lipinski definition) is 8. The first-order valence-corrected chi connectivity index (χ1v) is 7.94. The minimum atomic E-state index is -0.179. The molecule has 0 aliphatic heterocycles. The lowest BCUT2D eigenvalue weighted by Crippen LogP contribution is -2.21. The summed E-state index contributed by atoms with van der Waals surface area (Å²) in [6.45, 7) is 1.68. The smallest absolute Gasteiger partial charge is 0.254 e. The Hall–Kier alpha value is -3.20. The molecule has 26 heavy (non-hydrogen) atoms. The summed E-state index contributed by atoms with van der Waals surface area (Å²) in [5.41, 5.74) is 7.45. The van der Waals surface area contributed by atoms with Gasteiger partial charge in [0.25, 0.3) is 5.91 Å². The molecule has 2 heterocycles. The first kappa shape index (κ1) is 17.6. The van der Waals surface area contributed by atoms with Crippen LogP contribution in [-0.2, 0) is 0 Å². The van der Waals surface area contributed by atoms with Gasteiger partial charge in [0.15, 0.2) is 0 Å². The molecule has 10 heteroatoms. The number of rotatable bonds is 4. The highest BCUT2D eigenvalue weighted by atomic mass is 35.5. The van der Waals surface area contributed by atoms with Crippen LogP contribution in [0.2, 0.25) is 5.02 Å². The predicted molar refractivity (Wildman–Crippen MR) is 97.2 cm³/mol. The molecule has 0 radical (unpaired) electrons. The van der Waals surface area contributed by atoms with Gasteiger partial charge in [0, 0.05) is 32.9 Å². The van der Waals surface area contributed by atoms with Crippen molar-refractivity contribution in [3.63, 3.8) is 0 Å². The summed E-state index contributed by atoms with van der Waals surface area (Å²) in [5, 5.41) is 7.10. The second kappa shape index (κ2) is 6.96. The van der Waals surface area contributed by atoms with Gasteiger partial charge in [0.2, 0.25) is 17.7 Å². The summed E-state index contributed by atoms with van der Waals surface area (Å²) < 4.78 is 4.93. The number of carbonyl (C=O) groups is 1. The van der Waals surface area contributed by atoms with Crippen molar-refractivity contribution >= 4 is 35.0 Å². The van der Waals surface area contributed by atoms with E-state index in [1.54, 1.807) is 39.2 Å². The number of amides is 1. The van der Waals surface area contributed by atoms with Crippen LogP contribution in [0.15, 0.2) is 28.9 Å². The van der Waals surface area contributed by atoms with E-state index in [1.807, 2.05) is 0 Å². The summed E-state index contributed by atoms with van der Waals surface area (Å²) >= 11 is 6.19. The van der Waals surface area contributed by atoms with Gasteiger partial charge in [-0.2, -0.15) is 9.97 Å². The molecular formula is C16H16ClN7O2. The maximum Gasteiger partial charge on any atom is 0.254 e. The normalized spacial score (nSPS) is 10.6. The molecular weight excluding hydrogens is 358 g/mol. The number of hydrogen-bond donors (Lipinski definition) is 2. The van der Waals surface area contributed by atoms with E-state index < -0.39 is 0 Å². The van der Waals surface area contributed by atoms with Crippen LogP contribution in [-0.4, -0.2) is 45.0 Å². The molecule has 3 aromatic rings. The highest BCUT2D eigenvalue weighted by Crippen LogP contribution is 2.25. The van der Waals surface area contributed by atoms with Gasteiger partial charge in [-0.15, -0.1) is 0 Å². The van der Waals surface area contributed by atoms with Crippen LogP contribution in [0.5, 0.6) is 0 Å². The standard InChI is InChI=1S/C16H16ClN7O2/c1-8-20-14(23-26-8)11-7-19-16(22-13(11)18)21-9-4-5-10(12(17)6-9)15(25)24(2)3/h4-7H,1-3H3,(H3,18,19,21,22). The molecule has 0 unspecified atom stereocenters. The largest absolute Gasteiger partial charge is 0.383 e. The summed E-state index contributed by atoms with van der Waals surface area (Å²) in [7, 11) is 3.32. The van der Waals surface area contributed by atoms with Crippen LogP contribution >= 0.6 is 11.6 Å². The fraction of sp³-hybridized carbons (Fsp3) is 0.188. The summed E-state index contributed by atoms with van der Waals surface area (Å²) in [6.07, 6.45) is 1.50. The van der Waals surface area contributed by atoms with E-state index in [1.165, 1.54) is 11.1 Å². The Kier molecular flexibility index (Phi) is 4.72. The van der Waals surface area contributed by atoms with E-state index in [4.69, 9.17) is 21.9 Å². The van der Waals surface area contributed by atoms with Crippen molar-refractivity contribution in [1.82, 2.24) is 25.0 Å². The molecule has 1 aromatic carbocycles. The zero-order valence-electron chi connectivity index (χ0n) is 14.3. The van der Waals surface area contributed by atoms with Crippen LogP contribution in [0.1, 0.15) is 16.2 Å². The summed E-state index contributed by atoms with van der Waals surface area (Å²) in [5.74, 6) is 1.04. The van der Waals surface area contributed by atoms with Gasteiger partial charge in [-0.1, -0.05) is 16.8 Å². The average molecular weight is 374 g/mol. The lowest BCUT2D eigenvalue weighted by molar-refractivity contribution is 0.0828. The number of carbonyl (C=O) groups excluding carboxylic acids is 1. The molecule has 3 rings (SSSR count). The van der Waals surface area contributed by atoms with Crippen LogP contribution in [0, 0.1) is 6.92 Å². The van der Waals surface area contributed by atoms with Gasteiger partial charge in [0.05, 0.1) is 16.1 Å². The van der Waals surface area contributed by atoms with Crippen molar-refractivity contribution < 1.29 is 9.32 Å². The van der Waals surface area contributed by atoms with E-state index in [9.17, 15) is 4.79 Å².